The third-order valence-corrected chi connectivity index (χ3v) is 3.32. The Hall–Kier alpha value is -0.840. The molecule has 0 radical (unpaired) electrons. The molecule has 0 bridgehead atoms. The number of aliphatic hydroxyl groups is 1. The van der Waals surface area contributed by atoms with E-state index in [1.165, 1.54) is 17.4 Å². The van der Waals surface area contributed by atoms with E-state index in [9.17, 15) is 4.79 Å². The monoisotopic (exact) mass is 273 g/mol. The minimum absolute atomic E-state index is 0.0986. The van der Waals surface area contributed by atoms with Gasteiger partial charge in [-0.1, -0.05) is 11.6 Å². The van der Waals surface area contributed by atoms with Crippen molar-refractivity contribution in [2.75, 3.05) is 13.2 Å². The Morgan fingerprint density at radius 1 is 1.41 bits per heavy atom. The quantitative estimate of drug-likeness (QED) is 0.593. The predicted octanol–water partition coefficient (Wildman–Crippen LogP) is 2.69. The number of nitrogens with one attached hydrogen (secondary N) is 1. The van der Waals surface area contributed by atoms with Gasteiger partial charge in [0.2, 0.25) is 5.91 Å². The van der Waals surface area contributed by atoms with Gasteiger partial charge in [0.25, 0.3) is 0 Å². The number of thiophene rings is 1. The van der Waals surface area contributed by atoms with E-state index in [1.54, 1.807) is 12.1 Å². The molecule has 0 aliphatic heterocycles. The van der Waals surface area contributed by atoms with Gasteiger partial charge >= 0.3 is 0 Å². The number of rotatable bonds is 7. The molecule has 0 aliphatic rings. The van der Waals surface area contributed by atoms with Gasteiger partial charge in [0.05, 0.1) is 4.34 Å². The van der Waals surface area contributed by atoms with Crippen molar-refractivity contribution in [3.05, 3.63) is 27.4 Å². The standard InChI is InChI=1S/C12H16ClNO2S/c13-11-6-4-10(17-11)5-7-12(16)14-8-2-1-3-9-15/h4-7,15H,1-3,8-9H2,(H,14,16)/b7-5+. The Morgan fingerprint density at radius 2 is 2.24 bits per heavy atom. The molecule has 1 aromatic rings. The highest BCUT2D eigenvalue weighted by Crippen LogP contribution is 2.22. The third kappa shape index (κ3) is 6.46. The SMILES string of the molecule is O=C(/C=C/c1ccc(Cl)s1)NCCCCCO. The molecule has 1 rings (SSSR count). The van der Waals surface area contributed by atoms with Gasteiger partial charge in [0.15, 0.2) is 0 Å². The van der Waals surface area contributed by atoms with Crippen LogP contribution in [0.1, 0.15) is 24.1 Å². The summed E-state index contributed by atoms with van der Waals surface area (Å²) in [5.74, 6) is -0.0986. The van der Waals surface area contributed by atoms with E-state index in [-0.39, 0.29) is 12.5 Å². The number of carbonyl (C=O) groups is 1. The fraction of sp³-hybridized carbons (Fsp3) is 0.417. The number of hydrogen-bond donors (Lipinski definition) is 2. The maximum absolute atomic E-state index is 11.4. The first kappa shape index (κ1) is 14.2. The van der Waals surface area contributed by atoms with Gasteiger partial charge < -0.3 is 10.4 Å². The van der Waals surface area contributed by atoms with Crippen molar-refractivity contribution in [3.63, 3.8) is 0 Å². The summed E-state index contributed by atoms with van der Waals surface area (Å²) in [6.07, 6.45) is 5.87. The molecule has 1 amide bonds. The van der Waals surface area contributed by atoms with Gasteiger partial charge in [-0.3, -0.25) is 4.79 Å². The summed E-state index contributed by atoms with van der Waals surface area (Å²) in [4.78, 5) is 12.3. The summed E-state index contributed by atoms with van der Waals surface area (Å²) in [5.41, 5.74) is 0. The number of aliphatic hydroxyl groups excluding tert-OH is 1. The highest BCUT2D eigenvalue weighted by molar-refractivity contribution is 7.17. The molecule has 0 saturated carbocycles. The minimum atomic E-state index is -0.0986. The Balaban J connectivity index is 2.18. The van der Waals surface area contributed by atoms with Gasteiger partial charge in [0, 0.05) is 24.1 Å². The Morgan fingerprint density at radius 3 is 2.88 bits per heavy atom. The normalized spacial score (nSPS) is 10.9. The van der Waals surface area contributed by atoms with Crippen molar-refractivity contribution in [2.24, 2.45) is 0 Å². The van der Waals surface area contributed by atoms with Crippen LogP contribution in [-0.2, 0) is 4.79 Å². The first-order valence-corrected chi connectivity index (χ1v) is 6.74. The summed E-state index contributed by atoms with van der Waals surface area (Å²) >= 11 is 7.21. The van der Waals surface area contributed by atoms with Crippen LogP contribution in [0.3, 0.4) is 0 Å². The first-order valence-electron chi connectivity index (χ1n) is 5.54. The maximum Gasteiger partial charge on any atom is 0.244 e. The van der Waals surface area contributed by atoms with Crippen molar-refractivity contribution in [2.45, 2.75) is 19.3 Å². The molecule has 0 saturated heterocycles. The zero-order chi connectivity index (χ0) is 12.5. The number of halogens is 1. The molecule has 17 heavy (non-hydrogen) atoms. The van der Waals surface area contributed by atoms with Gasteiger partial charge in [-0.25, -0.2) is 0 Å². The fourth-order valence-corrected chi connectivity index (χ4v) is 2.22. The summed E-state index contributed by atoms with van der Waals surface area (Å²) in [7, 11) is 0. The lowest BCUT2D eigenvalue weighted by Gasteiger charge is -2.00. The van der Waals surface area contributed by atoms with Crippen molar-refractivity contribution in [3.8, 4) is 0 Å². The van der Waals surface area contributed by atoms with Gasteiger partial charge in [-0.2, -0.15) is 0 Å². The predicted molar refractivity (Wildman–Crippen MR) is 72.3 cm³/mol. The van der Waals surface area contributed by atoms with E-state index in [4.69, 9.17) is 16.7 Å². The zero-order valence-electron chi connectivity index (χ0n) is 9.49. The topological polar surface area (TPSA) is 49.3 Å². The Labute approximate surface area is 110 Å². The van der Waals surface area contributed by atoms with Crippen molar-refractivity contribution >= 4 is 34.9 Å². The molecule has 2 N–H and O–H groups in total. The van der Waals surface area contributed by atoms with E-state index < -0.39 is 0 Å². The fourth-order valence-electron chi connectivity index (χ4n) is 1.26. The van der Waals surface area contributed by atoms with Crippen LogP contribution in [0.25, 0.3) is 6.08 Å². The van der Waals surface area contributed by atoms with Crippen LogP contribution in [-0.4, -0.2) is 24.2 Å². The highest BCUT2D eigenvalue weighted by Gasteiger charge is 1.96. The molecule has 0 aliphatic carbocycles. The molecule has 0 spiro atoms. The van der Waals surface area contributed by atoms with Gasteiger partial charge in [-0.05, 0) is 37.5 Å². The second kappa shape index (κ2) is 8.28. The lowest BCUT2D eigenvalue weighted by Crippen LogP contribution is -2.21. The molecule has 3 nitrogen and oxygen atoms in total. The number of amides is 1. The first-order chi connectivity index (χ1) is 8.22. The second-order valence-corrected chi connectivity index (χ2v) is 5.30. The Bertz CT molecular complexity index is 376. The summed E-state index contributed by atoms with van der Waals surface area (Å²) < 4.78 is 0.717. The van der Waals surface area contributed by atoms with Crippen molar-refractivity contribution in [1.82, 2.24) is 5.32 Å². The largest absolute Gasteiger partial charge is 0.396 e. The average Bonchev–Trinajstić information content (AvgIpc) is 2.72. The van der Waals surface area contributed by atoms with Crippen molar-refractivity contribution in [1.29, 1.82) is 0 Å². The molecule has 94 valence electrons. The second-order valence-electron chi connectivity index (χ2n) is 3.55. The van der Waals surface area contributed by atoms with Crippen LogP contribution in [0.5, 0.6) is 0 Å². The third-order valence-electron chi connectivity index (χ3n) is 2.13. The molecule has 0 fully saturated rings. The molecule has 0 unspecified atom stereocenters. The maximum atomic E-state index is 11.4. The molecular weight excluding hydrogens is 258 g/mol. The van der Waals surface area contributed by atoms with Crippen LogP contribution in [0.15, 0.2) is 18.2 Å². The minimum Gasteiger partial charge on any atom is -0.396 e. The van der Waals surface area contributed by atoms with Crippen LogP contribution in [0.4, 0.5) is 0 Å². The van der Waals surface area contributed by atoms with E-state index in [2.05, 4.69) is 5.32 Å². The van der Waals surface area contributed by atoms with E-state index in [1.807, 2.05) is 6.07 Å². The zero-order valence-corrected chi connectivity index (χ0v) is 11.1. The molecule has 0 aromatic carbocycles. The summed E-state index contributed by atoms with van der Waals surface area (Å²) in [6, 6.07) is 3.68. The summed E-state index contributed by atoms with van der Waals surface area (Å²) in [6.45, 7) is 0.862. The smallest absolute Gasteiger partial charge is 0.244 e. The van der Waals surface area contributed by atoms with Gasteiger partial charge in [-0.15, -0.1) is 11.3 Å². The number of hydrogen-bond acceptors (Lipinski definition) is 3. The van der Waals surface area contributed by atoms with Crippen LogP contribution >= 0.6 is 22.9 Å². The number of carbonyl (C=O) groups excluding carboxylic acids is 1. The highest BCUT2D eigenvalue weighted by atomic mass is 35.5. The van der Waals surface area contributed by atoms with Crippen LogP contribution < -0.4 is 5.32 Å². The lowest BCUT2D eigenvalue weighted by molar-refractivity contribution is -0.116. The number of unbranched alkanes of at least 4 members (excludes halogenated alkanes) is 2. The van der Waals surface area contributed by atoms with Gasteiger partial charge in [0.1, 0.15) is 0 Å². The van der Waals surface area contributed by atoms with Crippen molar-refractivity contribution < 1.29 is 9.90 Å². The summed E-state index contributed by atoms with van der Waals surface area (Å²) in [5, 5.41) is 11.4. The molecule has 0 atom stereocenters. The molecule has 5 heteroatoms. The Kier molecular flexibility index (Phi) is 6.93. The molecule has 1 heterocycles. The van der Waals surface area contributed by atoms with E-state index in [0.29, 0.717) is 10.9 Å². The molecule has 1 aromatic heterocycles. The van der Waals surface area contributed by atoms with Crippen LogP contribution in [0, 0.1) is 0 Å². The lowest BCUT2D eigenvalue weighted by atomic mass is 10.2. The average molecular weight is 274 g/mol. The van der Waals surface area contributed by atoms with E-state index in [0.717, 1.165) is 24.1 Å². The van der Waals surface area contributed by atoms with Crippen LogP contribution in [0.2, 0.25) is 4.34 Å². The molecular formula is C12H16ClNO2S. The van der Waals surface area contributed by atoms with E-state index >= 15 is 0 Å².